The van der Waals surface area contributed by atoms with Gasteiger partial charge in [-0.1, -0.05) is 11.6 Å². The summed E-state index contributed by atoms with van der Waals surface area (Å²) < 4.78 is 13.2. The predicted octanol–water partition coefficient (Wildman–Crippen LogP) is 1.69. The minimum atomic E-state index is -0.760. The number of nitrogens with zero attached hydrogens (tertiary/aromatic N) is 3. The van der Waals surface area contributed by atoms with E-state index in [0.717, 1.165) is 12.2 Å². The zero-order valence-corrected chi connectivity index (χ0v) is 14.2. The van der Waals surface area contributed by atoms with Crippen molar-refractivity contribution in [2.45, 2.75) is 25.9 Å². The van der Waals surface area contributed by atoms with Crippen molar-refractivity contribution in [2.75, 3.05) is 18.1 Å². The maximum absolute atomic E-state index is 12.2. The maximum Gasteiger partial charge on any atom is 0.258 e. The van der Waals surface area contributed by atoms with Gasteiger partial charge in [0.05, 0.1) is 10.7 Å². The molecule has 0 aromatic carbocycles. The molecular weight excluding hydrogens is 322 g/mol. The average Bonchev–Trinajstić information content (AvgIpc) is 2.42. The first-order valence-corrected chi connectivity index (χ1v) is 9.00. The molecule has 5 nitrogen and oxygen atoms in total. The van der Waals surface area contributed by atoms with E-state index in [4.69, 9.17) is 11.6 Å². The number of rotatable bonds is 2. The van der Waals surface area contributed by atoms with Gasteiger partial charge in [0.2, 0.25) is 0 Å². The number of pyridine rings is 1. The number of fused-ring (bicyclic) bond motifs is 1. The summed E-state index contributed by atoms with van der Waals surface area (Å²) in [6.07, 6.45) is 1.57. The highest BCUT2D eigenvalue weighted by molar-refractivity contribution is 7.85. The Balaban J connectivity index is 1.93. The molecule has 7 heteroatoms. The van der Waals surface area contributed by atoms with Crippen LogP contribution in [0.2, 0.25) is 5.02 Å². The van der Waals surface area contributed by atoms with Crippen molar-refractivity contribution < 1.29 is 4.21 Å². The van der Waals surface area contributed by atoms with Gasteiger partial charge >= 0.3 is 0 Å². The Labute approximate surface area is 136 Å². The minimum absolute atomic E-state index is 0.138. The second-order valence-corrected chi connectivity index (χ2v) is 8.20. The maximum atomic E-state index is 12.2. The molecule has 0 spiro atoms. The fourth-order valence-corrected chi connectivity index (χ4v) is 4.47. The van der Waals surface area contributed by atoms with Gasteiger partial charge in [-0.2, -0.15) is 0 Å². The second kappa shape index (κ2) is 5.76. The summed E-state index contributed by atoms with van der Waals surface area (Å²) in [5.74, 6) is 1.32. The Morgan fingerprint density at radius 3 is 2.91 bits per heavy atom. The van der Waals surface area contributed by atoms with E-state index in [1.807, 2.05) is 0 Å². The highest BCUT2D eigenvalue weighted by atomic mass is 35.5. The van der Waals surface area contributed by atoms with E-state index in [0.29, 0.717) is 28.7 Å². The van der Waals surface area contributed by atoms with Crippen LogP contribution < -0.4 is 5.56 Å². The molecule has 1 atom stereocenters. The number of halogens is 1. The van der Waals surface area contributed by atoms with E-state index < -0.39 is 10.8 Å². The Hall–Kier alpha value is -1.24. The van der Waals surface area contributed by atoms with E-state index in [9.17, 15) is 9.00 Å². The predicted molar refractivity (Wildman–Crippen MR) is 88.8 cm³/mol. The zero-order chi connectivity index (χ0) is 15.9. The molecule has 2 aromatic rings. The van der Waals surface area contributed by atoms with Crippen LogP contribution in [0.3, 0.4) is 0 Å². The van der Waals surface area contributed by atoms with Crippen LogP contribution in [0.1, 0.15) is 19.5 Å². The smallest absolute Gasteiger partial charge is 0.258 e. The molecule has 1 unspecified atom stereocenters. The number of aromatic nitrogens is 2. The molecule has 0 bridgehead atoms. The molecule has 0 aliphatic carbocycles. The summed E-state index contributed by atoms with van der Waals surface area (Å²) in [6.45, 7) is 5.50. The highest BCUT2D eigenvalue weighted by Gasteiger charge is 2.33. The van der Waals surface area contributed by atoms with Crippen molar-refractivity contribution in [1.29, 1.82) is 0 Å². The Kier molecular flexibility index (Phi) is 4.09. The van der Waals surface area contributed by atoms with Crippen LogP contribution >= 0.6 is 11.6 Å². The van der Waals surface area contributed by atoms with Gasteiger partial charge in [-0.15, -0.1) is 0 Å². The topological polar surface area (TPSA) is 54.7 Å². The van der Waals surface area contributed by atoms with Gasteiger partial charge in [0.15, 0.2) is 0 Å². The molecule has 1 aliphatic rings. The van der Waals surface area contributed by atoms with E-state index in [2.05, 4.69) is 23.7 Å². The van der Waals surface area contributed by atoms with Crippen LogP contribution in [0.5, 0.6) is 0 Å². The van der Waals surface area contributed by atoms with Crippen molar-refractivity contribution in [2.24, 2.45) is 0 Å². The molecule has 0 N–H and O–H groups in total. The third-order valence-electron chi connectivity index (χ3n) is 3.99. The van der Waals surface area contributed by atoms with E-state index in [1.165, 1.54) is 4.40 Å². The quantitative estimate of drug-likeness (QED) is 0.835. The van der Waals surface area contributed by atoms with Crippen LogP contribution in [-0.4, -0.2) is 42.1 Å². The summed E-state index contributed by atoms with van der Waals surface area (Å²) in [4.78, 5) is 19.0. The first-order valence-electron chi connectivity index (χ1n) is 7.13. The fraction of sp³-hybridized carbons (Fsp3) is 0.467. The van der Waals surface area contributed by atoms with Crippen LogP contribution in [-0.2, 0) is 17.3 Å². The molecule has 0 saturated carbocycles. The second-order valence-electron chi connectivity index (χ2n) is 6.18. The normalized spacial score (nSPS) is 22.0. The van der Waals surface area contributed by atoms with Crippen LogP contribution in [0.4, 0.5) is 0 Å². The molecule has 0 radical (unpaired) electrons. The van der Waals surface area contributed by atoms with Crippen molar-refractivity contribution in [1.82, 2.24) is 14.3 Å². The molecular formula is C15H18ClN3O2S. The lowest BCUT2D eigenvalue weighted by atomic mass is 10.1. The first kappa shape index (κ1) is 15.6. The third kappa shape index (κ3) is 3.09. The number of hydrogen-bond acceptors (Lipinski definition) is 4. The zero-order valence-electron chi connectivity index (χ0n) is 12.6. The molecule has 2 aromatic heterocycles. The molecule has 118 valence electrons. The van der Waals surface area contributed by atoms with Gasteiger partial charge < -0.3 is 0 Å². The highest BCUT2D eigenvalue weighted by Crippen LogP contribution is 2.22. The lowest BCUT2D eigenvalue weighted by Gasteiger charge is -2.41. The van der Waals surface area contributed by atoms with Gasteiger partial charge in [0.25, 0.3) is 5.56 Å². The van der Waals surface area contributed by atoms with E-state index in [1.54, 1.807) is 24.4 Å². The average molecular weight is 340 g/mol. The van der Waals surface area contributed by atoms with Crippen molar-refractivity contribution in [3.8, 4) is 0 Å². The Morgan fingerprint density at radius 1 is 1.41 bits per heavy atom. The van der Waals surface area contributed by atoms with Crippen LogP contribution in [0.25, 0.3) is 5.65 Å². The van der Waals surface area contributed by atoms with Gasteiger partial charge in [-0.25, -0.2) is 4.98 Å². The summed E-state index contributed by atoms with van der Waals surface area (Å²) in [6, 6.07) is 5.01. The Morgan fingerprint density at radius 2 is 2.18 bits per heavy atom. The summed E-state index contributed by atoms with van der Waals surface area (Å²) in [7, 11) is -0.760. The third-order valence-corrected chi connectivity index (χ3v) is 5.88. The molecule has 1 fully saturated rings. The van der Waals surface area contributed by atoms with Gasteiger partial charge in [-0.05, 0) is 26.0 Å². The van der Waals surface area contributed by atoms with Crippen LogP contribution in [0.15, 0.2) is 29.2 Å². The van der Waals surface area contributed by atoms with E-state index >= 15 is 0 Å². The monoisotopic (exact) mass is 339 g/mol. The number of hydrogen-bond donors (Lipinski definition) is 0. The fourth-order valence-electron chi connectivity index (χ4n) is 2.77. The Bertz CT molecular complexity index is 803. The molecule has 0 amide bonds. The lowest BCUT2D eigenvalue weighted by molar-refractivity contribution is 0.132. The molecule has 1 aliphatic heterocycles. The van der Waals surface area contributed by atoms with Gasteiger partial charge in [-0.3, -0.25) is 18.3 Å². The van der Waals surface area contributed by atoms with Gasteiger partial charge in [0.1, 0.15) is 5.65 Å². The summed E-state index contributed by atoms with van der Waals surface area (Å²) >= 11 is 5.91. The minimum Gasteiger partial charge on any atom is -0.291 e. The SMILES string of the molecule is CC1(C)CS(=O)CCN1Cc1cc(=O)n2cc(Cl)ccc2n1. The summed E-state index contributed by atoms with van der Waals surface area (Å²) in [5, 5.41) is 0.504. The standard InChI is InChI=1S/C15H18ClN3O2S/c1-15(2)10-22(21)6-5-18(15)9-12-7-14(20)19-8-11(16)3-4-13(19)17-12/h3-4,7-8H,5-6,9-10H2,1-2H3. The van der Waals surface area contributed by atoms with Crippen molar-refractivity contribution in [3.05, 3.63) is 45.5 Å². The largest absolute Gasteiger partial charge is 0.291 e. The lowest BCUT2D eigenvalue weighted by Crippen LogP contribution is -2.53. The van der Waals surface area contributed by atoms with E-state index in [-0.39, 0.29) is 11.1 Å². The van der Waals surface area contributed by atoms with Crippen LogP contribution in [0, 0.1) is 0 Å². The van der Waals surface area contributed by atoms with Crippen molar-refractivity contribution in [3.63, 3.8) is 0 Å². The molecule has 1 saturated heterocycles. The first-order chi connectivity index (χ1) is 10.3. The molecule has 22 heavy (non-hydrogen) atoms. The molecule has 3 rings (SSSR count). The summed E-state index contributed by atoms with van der Waals surface area (Å²) in [5.41, 5.74) is 1.02. The molecule has 3 heterocycles. The van der Waals surface area contributed by atoms with Gasteiger partial charge in [0, 0.05) is 53.2 Å². The van der Waals surface area contributed by atoms with Crippen molar-refractivity contribution >= 4 is 28.0 Å².